The lowest BCUT2D eigenvalue weighted by atomic mass is 9.95. The number of nitrogens with zero attached hydrogens (tertiary/aromatic N) is 3. The van der Waals surface area contributed by atoms with E-state index < -0.39 is 0 Å². The molecule has 0 spiro atoms. The van der Waals surface area contributed by atoms with Gasteiger partial charge in [-0.25, -0.2) is 9.97 Å². The molecule has 0 N–H and O–H groups in total. The van der Waals surface area contributed by atoms with Crippen LogP contribution in [-0.4, -0.2) is 14.5 Å². The van der Waals surface area contributed by atoms with Crippen LogP contribution in [0.1, 0.15) is 17.7 Å². The normalized spacial score (nSPS) is 12.8. The van der Waals surface area contributed by atoms with Crippen molar-refractivity contribution in [2.45, 2.75) is 12.8 Å². The van der Waals surface area contributed by atoms with E-state index in [0.717, 1.165) is 41.2 Å². The fraction of sp³-hybridized carbons (Fsp3) is 0.0417. The van der Waals surface area contributed by atoms with Gasteiger partial charge < -0.3 is 4.57 Å². The van der Waals surface area contributed by atoms with Crippen molar-refractivity contribution in [1.29, 1.82) is 0 Å². The summed E-state index contributed by atoms with van der Waals surface area (Å²) < 4.78 is 5.14. The van der Waals surface area contributed by atoms with E-state index in [1.807, 2.05) is 29.5 Å². The third-order valence-electron chi connectivity index (χ3n) is 10.7. The zero-order chi connectivity index (χ0) is 34.2. The lowest BCUT2D eigenvalue weighted by Crippen LogP contribution is -2.07. The summed E-state index contributed by atoms with van der Waals surface area (Å²) in [5.41, 5.74) is 10.4. The Kier molecular flexibility index (Phi) is 6.55. The van der Waals surface area contributed by atoms with Gasteiger partial charge in [0.1, 0.15) is 0 Å². The molecule has 0 bridgehead atoms. The molecule has 3 heterocycles. The van der Waals surface area contributed by atoms with Crippen molar-refractivity contribution in [3.05, 3.63) is 169 Å². The van der Waals surface area contributed by atoms with E-state index in [1.165, 1.54) is 75.0 Å². The summed E-state index contributed by atoms with van der Waals surface area (Å²) in [6, 6.07) is 52.4. The van der Waals surface area contributed by atoms with E-state index in [9.17, 15) is 0 Å². The van der Waals surface area contributed by atoms with Crippen molar-refractivity contribution in [1.82, 2.24) is 14.5 Å². The van der Waals surface area contributed by atoms with E-state index in [2.05, 4.69) is 150 Å². The van der Waals surface area contributed by atoms with E-state index >= 15 is 0 Å². The maximum absolute atomic E-state index is 5.34. The van der Waals surface area contributed by atoms with Gasteiger partial charge in [-0.05, 0) is 52.1 Å². The Balaban J connectivity index is 1.31. The number of allylic oxidation sites excluding steroid dienone is 1. The van der Waals surface area contributed by atoms with Crippen LogP contribution in [0.2, 0.25) is 0 Å². The Morgan fingerprint density at radius 2 is 1.31 bits per heavy atom. The molecule has 244 valence electrons. The molecular formula is C48H31N3S. The molecule has 0 fully saturated rings. The fourth-order valence-corrected chi connectivity index (χ4v) is 9.65. The highest BCUT2D eigenvalue weighted by molar-refractivity contribution is 7.27. The number of benzene rings is 7. The predicted molar refractivity (Wildman–Crippen MR) is 220 cm³/mol. The Labute approximate surface area is 304 Å². The van der Waals surface area contributed by atoms with Crippen LogP contribution in [0.5, 0.6) is 0 Å². The van der Waals surface area contributed by atoms with Crippen LogP contribution in [0, 0.1) is 0 Å². The third kappa shape index (κ3) is 4.44. The third-order valence-corrected chi connectivity index (χ3v) is 12.0. The molecule has 0 saturated heterocycles. The standard InChI is InChI=1S/C48H31N3S/c1-3-15-32(16-4-1)44-42(29-49-48(50-44)33-17-5-2-6-18-33)51-41-22-12-11-21-37(41)40-28-39(35-24-23-30-13-7-8-19-34(30)27-35)47-43(45(40)51)38-26-25-31-14-9-10-20-36(31)46(38)52-47/h1-11,13-21,23-29H,12,22H2. The van der Waals surface area contributed by atoms with Crippen LogP contribution >= 0.6 is 11.3 Å². The molecule has 3 aromatic heterocycles. The fourth-order valence-electron chi connectivity index (χ4n) is 8.28. The molecule has 4 heteroatoms. The molecule has 0 atom stereocenters. The predicted octanol–water partition coefficient (Wildman–Crippen LogP) is 13.1. The lowest BCUT2D eigenvalue weighted by molar-refractivity contribution is 0.883. The molecule has 0 saturated carbocycles. The first kappa shape index (κ1) is 29.4. The average Bonchev–Trinajstić information content (AvgIpc) is 3.77. The number of rotatable bonds is 4. The molecule has 1 aliphatic carbocycles. The van der Waals surface area contributed by atoms with Crippen molar-refractivity contribution in [2.24, 2.45) is 0 Å². The molecule has 11 rings (SSSR count). The molecule has 0 amide bonds. The first-order valence-electron chi connectivity index (χ1n) is 17.9. The Morgan fingerprint density at radius 3 is 2.15 bits per heavy atom. The Bertz CT molecular complexity index is 3060. The van der Waals surface area contributed by atoms with Crippen molar-refractivity contribution in [2.75, 3.05) is 0 Å². The average molecular weight is 682 g/mol. The SMILES string of the molecule is C1=Cc2c(n(-c3cnc(-c4ccccc4)nc3-c3ccccc3)c3c2cc(-c2ccc4ccccc4c2)c2sc4c5ccccc5ccc4c23)CC1. The molecule has 10 aromatic rings. The van der Waals surface area contributed by atoms with Crippen molar-refractivity contribution in [3.8, 4) is 39.5 Å². The van der Waals surface area contributed by atoms with Gasteiger partial charge in [-0.1, -0.05) is 146 Å². The van der Waals surface area contributed by atoms with E-state index in [0.29, 0.717) is 0 Å². The molecule has 0 unspecified atom stereocenters. The molecule has 3 nitrogen and oxygen atoms in total. The van der Waals surface area contributed by atoms with Crippen molar-refractivity contribution in [3.63, 3.8) is 0 Å². The van der Waals surface area contributed by atoms with Crippen LogP contribution < -0.4 is 0 Å². The van der Waals surface area contributed by atoms with Crippen molar-refractivity contribution >= 4 is 70.0 Å². The number of aromatic nitrogens is 3. The van der Waals surface area contributed by atoms with Gasteiger partial charge >= 0.3 is 0 Å². The van der Waals surface area contributed by atoms with Crippen LogP contribution in [0.25, 0.3) is 98.2 Å². The van der Waals surface area contributed by atoms with Gasteiger partial charge in [-0.15, -0.1) is 11.3 Å². The first-order valence-corrected chi connectivity index (χ1v) is 18.7. The highest BCUT2D eigenvalue weighted by atomic mass is 32.1. The Hall–Kier alpha value is -6.36. The monoisotopic (exact) mass is 681 g/mol. The summed E-state index contributed by atoms with van der Waals surface area (Å²) in [4.78, 5) is 10.4. The summed E-state index contributed by atoms with van der Waals surface area (Å²) in [5, 5.41) is 8.91. The zero-order valence-corrected chi connectivity index (χ0v) is 29.1. The van der Waals surface area contributed by atoms with Crippen LogP contribution in [0.3, 0.4) is 0 Å². The van der Waals surface area contributed by atoms with Gasteiger partial charge in [0.15, 0.2) is 5.82 Å². The zero-order valence-electron chi connectivity index (χ0n) is 28.3. The van der Waals surface area contributed by atoms with E-state index in [4.69, 9.17) is 9.97 Å². The maximum Gasteiger partial charge on any atom is 0.159 e. The lowest BCUT2D eigenvalue weighted by Gasteiger charge is -2.18. The number of hydrogen-bond acceptors (Lipinski definition) is 3. The van der Waals surface area contributed by atoms with Gasteiger partial charge in [0.2, 0.25) is 0 Å². The van der Waals surface area contributed by atoms with Gasteiger partial charge in [-0.3, -0.25) is 0 Å². The Morgan fingerprint density at radius 1 is 0.577 bits per heavy atom. The molecule has 0 radical (unpaired) electrons. The van der Waals surface area contributed by atoms with Crippen LogP contribution in [0.15, 0.2) is 158 Å². The summed E-state index contributed by atoms with van der Waals surface area (Å²) in [6.45, 7) is 0. The van der Waals surface area contributed by atoms with Crippen LogP contribution in [-0.2, 0) is 6.42 Å². The minimum atomic E-state index is 0.726. The number of hydrogen-bond donors (Lipinski definition) is 0. The van der Waals surface area contributed by atoms with E-state index in [1.54, 1.807) is 0 Å². The molecule has 0 aliphatic heterocycles. The maximum atomic E-state index is 5.34. The second-order valence-corrected chi connectivity index (χ2v) is 14.7. The minimum absolute atomic E-state index is 0.726. The van der Waals surface area contributed by atoms with Crippen LogP contribution in [0.4, 0.5) is 0 Å². The van der Waals surface area contributed by atoms with Gasteiger partial charge in [0.05, 0.1) is 23.1 Å². The van der Waals surface area contributed by atoms with Gasteiger partial charge in [-0.2, -0.15) is 0 Å². The summed E-state index contributed by atoms with van der Waals surface area (Å²) in [6.07, 6.45) is 8.66. The van der Waals surface area contributed by atoms with Crippen molar-refractivity contribution < 1.29 is 0 Å². The smallest absolute Gasteiger partial charge is 0.159 e. The summed E-state index contributed by atoms with van der Waals surface area (Å²) in [7, 11) is 0. The summed E-state index contributed by atoms with van der Waals surface area (Å²) >= 11 is 1.92. The topological polar surface area (TPSA) is 30.7 Å². The highest BCUT2D eigenvalue weighted by Gasteiger charge is 2.27. The quantitative estimate of drug-likeness (QED) is 0.185. The first-order chi connectivity index (χ1) is 25.8. The highest BCUT2D eigenvalue weighted by Crippen LogP contribution is 2.50. The minimum Gasteiger partial charge on any atom is -0.309 e. The second-order valence-electron chi connectivity index (χ2n) is 13.6. The second kappa shape index (κ2) is 11.6. The largest absolute Gasteiger partial charge is 0.309 e. The molecule has 52 heavy (non-hydrogen) atoms. The van der Waals surface area contributed by atoms with Gasteiger partial charge in [0.25, 0.3) is 0 Å². The van der Waals surface area contributed by atoms with Gasteiger partial charge in [0, 0.05) is 53.5 Å². The van der Waals surface area contributed by atoms with E-state index in [-0.39, 0.29) is 0 Å². The molecular weight excluding hydrogens is 651 g/mol. The molecule has 7 aromatic carbocycles. The number of fused-ring (bicyclic) bond motifs is 10. The number of thiophene rings is 1. The summed E-state index contributed by atoms with van der Waals surface area (Å²) in [5.74, 6) is 0.726. The molecule has 1 aliphatic rings.